The number of benzene rings is 1. The number of ether oxygens (including phenoxy) is 1. The molecule has 0 aromatic heterocycles. The lowest BCUT2D eigenvalue weighted by Gasteiger charge is -2.50. The molecule has 1 aromatic carbocycles. The third-order valence-electron chi connectivity index (χ3n) is 4.10. The first-order valence-corrected chi connectivity index (χ1v) is 7.07. The highest BCUT2D eigenvalue weighted by molar-refractivity contribution is 5.89. The van der Waals surface area contributed by atoms with Crippen molar-refractivity contribution in [2.45, 2.75) is 32.5 Å². The molecule has 0 saturated carbocycles. The van der Waals surface area contributed by atoms with Gasteiger partial charge in [-0.3, -0.25) is 9.59 Å². The molecule has 0 aliphatic carbocycles. The van der Waals surface area contributed by atoms with Gasteiger partial charge in [0.05, 0.1) is 31.1 Å². The van der Waals surface area contributed by atoms with Crippen molar-refractivity contribution >= 4 is 11.9 Å². The first-order valence-electron chi connectivity index (χ1n) is 7.07. The van der Waals surface area contributed by atoms with Crippen molar-refractivity contribution in [3.05, 3.63) is 35.9 Å². The van der Waals surface area contributed by atoms with Gasteiger partial charge in [-0.2, -0.15) is 0 Å². The van der Waals surface area contributed by atoms with E-state index in [2.05, 4.69) is 0 Å². The van der Waals surface area contributed by atoms with E-state index in [1.165, 1.54) is 7.11 Å². The Morgan fingerprint density at radius 2 is 1.95 bits per heavy atom. The number of esters is 1. The lowest BCUT2D eigenvalue weighted by Crippen LogP contribution is -2.66. The van der Waals surface area contributed by atoms with Crippen molar-refractivity contribution in [3.8, 4) is 0 Å². The number of methoxy groups -OCH3 is 1. The summed E-state index contributed by atoms with van der Waals surface area (Å²) in [5.41, 5.74) is 0.997. The van der Waals surface area contributed by atoms with Crippen molar-refractivity contribution in [2.75, 3.05) is 7.11 Å². The number of likely N-dealkylation sites (tertiary alicyclic amines) is 1. The second kappa shape index (κ2) is 6.26. The van der Waals surface area contributed by atoms with E-state index in [1.54, 1.807) is 18.7 Å². The van der Waals surface area contributed by atoms with Crippen LogP contribution in [0.15, 0.2) is 30.3 Å². The second-order valence-corrected chi connectivity index (χ2v) is 5.52. The van der Waals surface area contributed by atoms with Gasteiger partial charge < -0.3 is 14.7 Å². The summed E-state index contributed by atoms with van der Waals surface area (Å²) >= 11 is 0. The number of carbonyl (C=O) groups excluding carboxylic acids is 2. The quantitative estimate of drug-likeness (QED) is 0.654. The maximum absolute atomic E-state index is 12.2. The van der Waals surface area contributed by atoms with Gasteiger partial charge in [-0.25, -0.2) is 0 Å². The minimum Gasteiger partial charge on any atom is -0.469 e. The highest BCUT2D eigenvalue weighted by atomic mass is 16.5. The largest absolute Gasteiger partial charge is 0.469 e. The van der Waals surface area contributed by atoms with Gasteiger partial charge in [-0.1, -0.05) is 30.3 Å². The van der Waals surface area contributed by atoms with Crippen molar-refractivity contribution < 1.29 is 19.4 Å². The summed E-state index contributed by atoms with van der Waals surface area (Å²) in [6.07, 6.45) is -0.776. The Hall–Kier alpha value is -1.88. The van der Waals surface area contributed by atoms with E-state index in [4.69, 9.17) is 4.74 Å². The molecule has 5 nitrogen and oxygen atoms in total. The molecule has 1 saturated heterocycles. The molecule has 1 aromatic rings. The Morgan fingerprint density at radius 3 is 2.48 bits per heavy atom. The van der Waals surface area contributed by atoms with Gasteiger partial charge in [0.2, 0.25) is 5.91 Å². The third kappa shape index (κ3) is 2.93. The SMILES string of the molecule is COC(=O)C(C)C1C(C(C)O)C(=O)N1Cc1ccccc1. The highest BCUT2D eigenvalue weighted by Crippen LogP contribution is 2.36. The van der Waals surface area contributed by atoms with E-state index in [-0.39, 0.29) is 17.9 Å². The average Bonchev–Trinajstić information content (AvgIpc) is 2.48. The van der Waals surface area contributed by atoms with Crippen molar-refractivity contribution in [1.29, 1.82) is 0 Å². The Bertz CT molecular complexity index is 514. The average molecular weight is 291 g/mol. The smallest absolute Gasteiger partial charge is 0.310 e. The molecule has 0 spiro atoms. The van der Waals surface area contributed by atoms with Gasteiger partial charge in [0.25, 0.3) is 0 Å². The topological polar surface area (TPSA) is 66.8 Å². The monoisotopic (exact) mass is 291 g/mol. The van der Waals surface area contributed by atoms with E-state index in [1.807, 2.05) is 30.3 Å². The van der Waals surface area contributed by atoms with Crippen LogP contribution in [0.5, 0.6) is 0 Å². The van der Waals surface area contributed by atoms with E-state index < -0.39 is 17.9 Å². The summed E-state index contributed by atoms with van der Waals surface area (Å²) in [5.74, 6) is -1.48. The zero-order valence-electron chi connectivity index (χ0n) is 12.5. The minimum absolute atomic E-state index is 0.116. The second-order valence-electron chi connectivity index (χ2n) is 5.52. The molecule has 0 radical (unpaired) electrons. The molecule has 21 heavy (non-hydrogen) atoms. The van der Waals surface area contributed by atoms with E-state index in [0.717, 1.165) is 5.56 Å². The molecule has 4 atom stereocenters. The van der Waals surface area contributed by atoms with Crippen LogP contribution < -0.4 is 0 Å². The normalized spacial score (nSPS) is 24.2. The summed E-state index contributed by atoms with van der Waals surface area (Å²) in [6.45, 7) is 3.75. The molecular weight excluding hydrogens is 270 g/mol. The molecule has 114 valence electrons. The van der Waals surface area contributed by atoms with Gasteiger partial charge in [0, 0.05) is 6.54 Å². The molecule has 5 heteroatoms. The molecule has 1 aliphatic rings. The fourth-order valence-corrected chi connectivity index (χ4v) is 2.96. The fourth-order valence-electron chi connectivity index (χ4n) is 2.96. The number of hydrogen-bond donors (Lipinski definition) is 1. The summed E-state index contributed by atoms with van der Waals surface area (Å²) in [6, 6.07) is 9.26. The Morgan fingerprint density at radius 1 is 1.33 bits per heavy atom. The predicted octanol–water partition coefficient (Wildman–Crippen LogP) is 1.20. The van der Waals surface area contributed by atoms with E-state index in [0.29, 0.717) is 6.54 Å². The van der Waals surface area contributed by atoms with Gasteiger partial charge in [-0.05, 0) is 19.4 Å². The van der Waals surface area contributed by atoms with Crippen molar-refractivity contribution in [1.82, 2.24) is 4.90 Å². The molecule has 4 unspecified atom stereocenters. The number of aliphatic hydroxyl groups is 1. The fraction of sp³-hybridized carbons (Fsp3) is 0.500. The number of amides is 1. The lowest BCUT2D eigenvalue weighted by atomic mass is 9.76. The molecule has 1 aliphatic heterocycles. The maximum atomic E-state index is 12.2. The van der Waals surface area contributed by atoms with Crippen LogP contribution in [0.4, 0.5) is 0 Å². The summed E-state index contributed by atoms with van der Waals surface area (Å²) in [5, 5.41) is 9.80. The molecule has 2 rings (SSSR count). The third-order valence-corrected chi connectivity index (χ3v) is 4.10. The summed E-state index contributed by atoms with van der Waals surface area (Å²) < 4.78 is 4.77. The maximum Gasteiger partial charge on any atom is 0.310 e. The summed E-state index contributed by atoms with van der Waals surface area (Å²) in [7, 11) is 1.33. The highest BCUT2D eigenvalue weighted by Gasteiger charge is 2.53. The van der Waals surface area contributed by atoms with Crippen molar-refractivity contribution in [2.24, 2.45) is 11.8 Å². The van der Waals surface area contributed by atoms with Crippen molar-refractivity contribution in [3.63, 3.8) is 0 Å². The van der Waals surface area contributed by atoms with E-state index in [9.17, 15) is 14.7 Å². The number of nitrogens with zero attached hydrogens (tertiary/aromatic N) is 1. The predicted molar refractivity (Wildman–Crippen MR) is 77.1 cm³/mol. The first kappa shape index (κ1) is 15.5. The molecule has 0 bridgehead atoms. The number of hydrogen-bond acceptors (Lipinski definition) is 4. The zero-order valence-corrected chi connectivity index (χ0v) is 12.5. The summed E-state index contributed by atoms with van der Waals surface area (Å²) in [4.78, 5) is 25.7. The molecular formula is C16H21NO4. The van der Waals surface area contributed by atoms with Crippen LogP contribution in [0.25, 0.3) is 0 Å². The van der Waals surface area contributed by atoms with Crippen LogP contribution in [0.3, 0.4) is 0 Å². The Kier molecular flexibility index (Phi) is 4.63. The van der Waals surface area contributed by atoms with Crippen LogP contribution >= 0.6 is 0 Å². The standard InChI is InChI=1S/C16H21NO4/c1-10(16(20)21-3)14-13(11(2)18)15(19)17(14)9-12-7-5-4-6-8-12/h4-8,10-11,13-14,18H,9H2,1-3H3. The van der Waals surface area contributed by atoms with E-state index >= 15 is 0 Å². The molecule has 1 N–H and O–H groups in total. The lowest BCUT2D eigenvalue weighted by molar-refractivity contribution is -0.175. The number of β-lactam (4-membered cyclic amide) rings is 1. The van der Waals surface area contributed by atoms with Crippen LogP contribution in [0, 0.1) is 11.8 Å². The number of aliphatic hydroxyl groups excluding tert-OH is 1. The molecule has 1 heterocycles. The van der Waals surface area contributed by atoms with Gasteiger partial charge in [0.15, 0.2) is 0 Å². The minimum atomic E-state index is -0.776. The van der Waals surface area contributed by atoms with Gasteiger partial charge in [0.1, 0.15) is 0 Å². The van der Waals surface area contributed by atoms with Crippen LogP contribution in [0.2, 0.25) is 0 Å². The van der Waals surface area contributed by atoms with Crippen LogP contribution in [-0.4, -0.2) is 41.1 Å². The molecule has 1 fully saturated rings. The zero-order chi connectivity index (χ0) is 15.6. The van der Waals surface area contributed by atoms with Gasteiger partial charge in [-0.15, -0.1) is 0 Å². The Labute approximate surface area is 124 Å². The number of carbonyl (C=O) groups is 2. The molecule has 1 amide bonds. The number of rotatable bonds is 5. The first-order chi connectivity index (χ1) is 9.97. The van der Waals surface area contributed by atoms with Gasteiger partial charge >= 0.3 is 5.97 Å². The van der Waals surface area contributed by atoms with Crippen LogP contribution in [0.1, 0.15) is 19.4 Å². The van der Waals surface area contributed by atoms with Crippen LogP contribution in [-0.2, 0) is 20.9 Å². The Balaban J connectivity index is 2.19.